The van der Waals surface area contributed by atoms with Crippen molar-refractivity contribution in [1.29, 1.82) is 0 Å². The molecular formula is C26H22ClN3O3S. The van der Waals surface area contributed by atoms with Crippen molar-refractivity contribution in [3.63, 3.8) is 0 Å². The first-order valence-electron chi connectivity index (χ1n) is 10.9. The summed E-state index contributed by atoms with van der Waals surface area (Å²) >= 11 is 7.96. The van der Waals surface area contributed by atoms with Crippen LogP contribution in [0.3, 0.4) is 0 Å². The van der Waals surface area contributed by atoms with E-state index in [0.29, 0.717) is 35.8 Å². The molecule has 0 saturated carbocycles. The Hall–Kier alpha value is -3.42. The van der Waals surface area contributed by atoms with E-state index >= 15 is 0 Å². The minimum atomic E-state index is -0.199. The van der Waals surface area contributed by atoms with Gasteiger partial charge in [0.05, 0.1) is 23.0 Å². The molecule has 0 aliphatic carbocycles. The van der Waals surface area contributed by atoms with Crippen LogP contribution >= 0.6 is 22.9 Å². The predicted octanol–water partition coefficient (Wildman–Crippen LogP) is 5.25. The van der Waals surface area contributed by atoms with E-state index in [-0.39, 0.29) is 17.8 Å². The molecule has 1 aliphatic rings. The number of carbonyl (C=O) groups excluding carboxylic acids is 2. The smallest absolute Gasteiger partial charge is 0.251 e. The number of aromatic nitrogens is 2. The van der Waals surface area contributed by atoms with Gasteiger partial charge in [-0.1, -0.05) is 23.7 Å². The van der Waals surface area contributed by atoms with E-state index in [1.165, 1.54) is 11.3 Å². The number of benzene rings is 2. The summed E-state index contributed by atoms with van der Waals surface area (Å²) < 4.78 is 7.86. The number of amides is 1. The molecule has 0 spiro atoms. The van der Waals surface area contributed by atoms with Gasteiger partial charge in [0.25, 0.3) is 5.91 Å². The van der Waals surface area contributed by atoms with E-state index in [1.807, 2.05) is 53.3 Å². The number of nitrogens with zero attached hydrogens (tertiary/aromatic N) is 2. The van der Waals surface area contributed by atoms with E-state index < -0.39 is 0 Å². The lowest BCUT2D eigenvalue weighted by Crippen LogP contribution is -2.34. The average molecular weight is 492 g/mol. The van der Waals surface area contributed by atoms with Crippen LogP contribution in [0.15, 0.2) is 67.0 Å². The highest BCUT2D eigenvalue weighted by atomic mass is 35.5. The molecule has 4 aromatic rings. The van der Waals surface area contributed by atoms with Gasteiger partial charge in [-0.25, -0.2) is 0 Å². The largest absolute Gasteiger partial charge is 0.486 e. The van der Waals surface area contributed by atoms with E-state index in [4.69, 9.17) is 16.3 Å². The fourth-order valence-electron chi connectivity index (χ4n) is 4.03. The summed E-state index contributed by atoms with van der Waals surface area (Å²) in [5.74, 6) is 0.563. The van der Waals surface area contributed by atoms with Crippen molar-refractivity contribution in [3.8, 4) is 16.2 Å². The van der Waals surface area contributed by atoms with E-state index in [2.05, 4.69) is 16.5 Å². The number of ketones is 1. The van der Waals surface area contributed by atoms with Crippen LogP contribution in [0.5, 0.6) is 5.75 Å². The Balaban J connectivity index is 1.23. The lowest BCUT2D eigenvalue weighted by atomic mass is 10.1. The Morgan fingerprint density at radius 1 is 1.21 bits per heavy atom. The first-order valence-corrected chi connectivity index (χ1v) is 12.1. The maximum Gasteiger partial charge on any atom is 0.251 e. The van der Waals surface area contributed by atoms with Crippen molar-refractivity contribution in [3.05, 3.63) is 93.6 Å². The Bertz CT molecular complexity index is 1360. The summed E-state index contributed by atoms with van der Waals surface area (Å²) in [6.45, 7) is 2.54. The molecule has 5 rings (SSSR count). The van der Waals surface area contributed by atoms with Crippen LogP contribution in [0.25, 0.3) is 10.4 Å². The second kappa shape index (κ2) is 9.44. The van der Waals surface area contributed by atoms with Crippen molar-refractivity contribution in [1.82, 2.24) is 15.1 Å². The molecule has 2 aromatic carbocycles. The van der Waals surface area contributed by atoms with Gasteiger partial charge in [0.15, 0.2) is 5.78 Å². The molecule has 8 heteroatoms. The van der Waals surface area contributed by atoms with Gasteiger partial charge >= 0.3 is 0 Å². The van der Waals surface area contributed by atoms with Crippen molar-refractivity contribution in [2.45, 2.75) is 26.0 Å². The highest BCUT2D eigenvalue weighted by molar-refractivity contribution is 7.17. The van der Waals surface area contributed by atoms with Crippen molar-refractivity contribution in [2.75, 3.05) is 6.54 Å². The van der Waals surface area contributed by atoms with Gasteiger partial charge in [0.1, 0.15) is 11.9 Å². The number of ether oxygens (including phenoxy) is 1. The number of hydrogen-bond donors (Lipinski definition) is 1. The van der Waals surface area contributed by atoms with Crippen LogP contribution in [-0.4, -0.2) is 34.1 Å². The van der Waals surface area contributed by atoms with Gasteiger partial charge in [0, 0.05) is 34.8 Å². The van der Waals surface area contributed by atoms with Crippen LogP contribution < -0.4 is 10.1 Å². The van der Waals surface area contributed by atoms with Gasteiger partial charge < -0.3 is 10.1 Å². The number of nitrogens with one attached hydrogen (secondary N) is 1. The summed E-state index contributed by atoms with van der Waals surface area (Å²) in [5, 5.41) is 7.72. The Kier molecular flexibility index (Phi) is 6.22. The normalized spacial score (nSPS) is 14.5. The van der Waals surface area contributed by atoms with E-state index in [1.54, 1.807) is 19.2 Å². The maximum absolute atomic E-state index is 12.8. The number of Topliss-reactive ketones (excluding diaryl/α,β-unsaturated/α-hetero) is 1. The van der Waals surface area contributed by atoms with Crippen LogP contribution in [0.4, 0.5) is 0 Å². The molecule has 6 nitrogen and oxygen atoms in total. The second-order valence-electron chi connectivity index (χ2n) is 8.22. The number of rotatable bonds is 7. The highest BCUT2D eigenvalue weighted by Gasteiger charge is 2.27. The number of halogens is 1. The van der Waals surface area contributed by atoms with Gasteiger partial charge in [-0.15, -0.1) is 11.3 Å². The Morgan fingerprint density at radius 3 is 2.85 bits per heavy atom. The van der Waals surface area contributed by atoms with Crippen LogP contribution in [0.1, 0.15) is 38.1 Å². The van der Waals surface area contributed by atoms with E-state index in [9.17, 15) is 9.59 Å². The molecule has 1 N–H and O–H groups in total. The molecular weight excluding hydrogens is 470 g/mol. The fraction of sp³-hybridized carbons (Fsp3) is 0.192. The number of carbonyl (C=O) groups is 2. The van der Waals surface area contributed by atoms with Crippen LogP contribution in [0, 0.1) is 0 Å². The number of thiophene rings is 1. The monoisotopic (exact) mass is 491 g/mol. The molecule has 2 aromatic heterocycles. The van der Waals surface area contributed by atoms with Crippen LogP contribution in [-0.2, 0) is 13.0 Å². The SMILES string of the molecule is CC(=O)c1ccc(-c2cc(Cl)c3c(c2)C[C@@H](CNC(=O)c2cccc(Cn4cccn4)c2)O3)s1. The van der Waals surface area contributed by atoms with Crippen molar-refractivity contribution >= 4 is 34.6 Å². The molecule has 1 atom stereocenters. The topological polar surface area (TPSA) is 73.2 Å². The molecule has 0 saturated heterocycles. The number of hydrogen-bond acceptors (Lipinski definition) is 5. The maximum atomic E-state index is 12.8. The first-order chi connectivity index (χ1) is 16.5. The molecule has 1 amide bonds. The molecule has 3 heterocycles. The molecule has 1 aliphatic heterocycles. The minimum Gasteiger partial charge on any atom is -0.486 e. The molecule has 34 heavy (non-hydrogen) atoms. The summed E-state index contributed by atoms with van der Waals surface area (Å²) in [5.41, 5.74) is 3.56. The third kappa shape index (κ3) is 4.76. The van der Waals surface area contributed by atoms with Crippen molar-refractivity contribution in [2.24, 2.45) is 0 Å². The predicted molar refractivity (Wildman–Crippen MR) is 133 cm³/mol. The number of fused-ring (bicyclic) bond motifs is 1. The quantitative estimate of drug-likeness (QED) is 0.358. The van der Waals surface area contributed by atoms with Crippen LogP contribution in [0.2, 0.25) is 5.02 Å². The first kappa shape index (κ1) is 22.4. The molecule has 0 bridgehead atoms. The zero-order valence-electron chi connectivity index (χ0n) is 18.5. The standard InChI is InChI=1S/C26H22ClN3O3S/c1-16(31)23-6-7-24(34-23)19-11-20-12-21(33-25(20)22(27)13-19)14-28-26(32)18-5-2-4-17(10-18)15-30-9-3-8-29-30/h2-11,13,21H,12,14-15H2,1H3,(H,28,32)/t21-/m0/s1. The lowest BCUT2D eigenvalue weighted by molar-refractivity contribution is 0.0932. The molecule has 0 unspecified atom stereocenters. The van der Waals surface area contributed by atoms with E-state index in [0.717, 1.165) is 26.4 Å². The zero-order chi connectivity index (χ0) is 23.7. The van der Waals surface area contributed by atoms with Gasteiger partial charge in [-0.3, -0.25) is 14.3 Å². The Morgan fingerprint density at radius 2 is 2.09 bits per heavy atom. The second-order valence-corrected chi connectivity index (χ2v) is 9.72. The van der Waals surface area contributed by atoms with Gasteiger partial charge in [-0.05, 0) is 60.5 Å². The molecule has 0 fully saturated rings. The summed E-state index contributed by atoms with van der Waals surface area (Å²) in [7, 11) is 0. The van der Waals surface area contributed by atoms with Gasteiger partial charge in [-0.2, -0.15) is 5.10 Å². The molecule has 172 valence electrons. The minimum absolute atomic E-state index is 0.0505. The summed E-state index contributed by atoms with van der Waals surface area (Å²) in [6.07, 6.45) is 4.07. The van der Waals surface area contributed by atoms with Crippen molar-refractivity contribution < 1.29 is 14.3 Å². The zero-order valence-corrected chi connectivity index (χ0v) is 20.0. The summed E-state index contributed by atoms with van der Waals surface area (Å²) in [6, 6.07) is 17.1. The fourth-order valence-corrected chi connectivity index (χ4v) is 5.20. The average Bonchev–Trinajstić information content (AvgIpc) is 3.58. The van der Waals surface area contributed by atoms with Gasteiger partial charge in [0.2, 0.25) is 0 Å². The highest BCUT2D eigenvalue weighted by Crippen LogP contribution is 2.41. The molecule has 0 radical (unpaired) electrons. The Labute approximate surface area is 206 Å². The summed E-state index contributed by atoms with van der Waals surface area (Å²) in [4.78, 5) is 26.1. The third-order valence-corrected chi connectivity index (χ3v) is 7.19. The third-order valence-electron chi connectivity index (χ3n) is 5.67. The lowest BCUT2D eigenvalue weighted by Gasteiger charge is -2.13.